The van der Waals surface area contributed by atoms with Gasteiger partial charge in [0.05, 0.1) is 0 Å². The Bertz CT molecular complexity index is 755. The van der Waals surface area contributed by atoms with Gasteiger partial charge in [-0.1, -0.05) is 36.4 Å². The fourth-order valence-corrected chi connectivity index (χ4v) is 3.04. The summed E-state index contributed by atoms with van der Waals surface area (Å²) in [6, 6.07) is 16.4. The number of aliphatic hydroxyl groups is 1. The maximum absolute atomic E-state index is 10.9. The zero-order valence-corrected chi connectivity index (χ0v) is 11.2. The van der Waals surface area contributed by atoms with Gasteiger partial charge < -0.3 is 10.1 Å². The number of H-pyrrole nitrogens is 1. The highest BCUT2D eigenvalue weighted by molar-refractivity contribution is 5.83. The SMILES string of the molecule is OC(c1ccccc1C1CC1)c1cccc2[nH]ccc12. The van der Waals surface area contributed by atoms with E-state index in [2.05, 4.69) is 23.2 Å². The van der Waals surface area contributed by atoms with Crippen molar-refractivity contribution in [2.45, 2.75) is 24.9 Å². The lowest BCUT2D eigenvalue weighted by Gasteiger charge is -2.16. The third kappa shape index (κ3) is 1.84. The van der Waals surface area contributed by atoms with E-state index in [0.29, 0.717) is 5.92 Å². The molecule has 1 aliphatic rings. The van der Waals surface area contributed by atoms with Crippen LogP contribution in [-0.4, -0.2) is 10.1 Å². The van der Waals surface area contributed by atoms with Crippen molar-refractivity contribution in [3.63, 3.8) is 0 Å². The van der Waals surface area contributed by atoms with Crippen LogP contribution in [-0.2, 0) is 0 Å². The molecule has 1 aromatic heterocycles. The second kappa shape index (κ2) is 4.50. The van der Waals surface area contributed by atoms with Gasteiger partial charge in [-0.15, -0.1) is 0 Å². The van der Waals surface area contributed by atoms with Crippen molar-refractivity contribution in [1.82, 2.24) is 4.98 Å². The average molecular weight is 263 g/mol. The second-order valence-corrected chi connectivity index (χ2v) is 5.59. The number of nitrogens with one attached hydrogen (secondary N) is 1. The molecule has 1 atom stereocenters. The van der Waals surface area contributed by atoms with E-state index in [9.17, 15) is 5.11 Å². The Morgan fingerprint density at radius 2 is 1.75 bits per heavy atom. The van der Waals surface area contributed by atoms with Crippen molar-refractivity contribution in [3.8, 4) is 0 Å². The Labute approximate surface area is 118 Å². The van der Waals surface area contributed by atoms with Crippen LogP contribution < -0.4 is 0 Å². The van der Waals surface area contributed by atoms with Crippen molar-refractivity contribution < 1.29 is 5.11 Å². The first-order valence-electron chi connectivity index (χ1n) is 7.17. The molecule has 0 amide bonds. The highest BCUT2D eigenvalue weighted by Crippen LogP contribution is 2.44. The fourth-order valence-electron chi connectivity index (χ4n) is 3.04. The molecule has 2 N–H and O–H groups in total. The summed E-state index contributed by atoms with van der Waals surface area (Å²) >= 11 is 0. The number of aromatic amines is 1. The van der Waals surface area contributed by atoms with Crippen LogP contribution in [0.1, 0.15) is 41.6 Å². The molecule has 2 heteroatoms. The highest BCUT2D eigenvalue weighted by Gasteiger charge is 2.28. The summed E-state index contributed by atoms with van der Waals surface area (Å²) < 4.78 is 0. The number of aromatic nitrogens is 1. The van der Waals surface area contributed by atoms with E-state index in [0.717, 1.165) is 22.0 Å². The van der Waals surface area contributed by atoms with E-state index < -0.39 is 6.10 Å². The van der Waals surface area contributed by atoms with Crippen molar-refractivity contribution in [2.75, 3.05) is 0 Å². The number of benzene rings is 2. The smallest absolute Gasteiger partial charge is 0.105 e. The number of aliphatic hydroxyl groups excluding tert-OH is 1. The van der Waals surface area contributed by atoms with E-state index in [1.807, 2.05) is 36.5 Å². The maximum Gasteiger partial charge on any atom is 0.105 e. The minimum absolute atomic E-state index is 0.550. The van der Waals surface area contributed by atoms with E-state index in [1.54, 1.807) is 0 Å². The lowest BCUT2D eigenvalue weighted by molar-refractivity contribution is 0.220. The van der Waals surface area contributed by atoms with Gasteiger partial charge in [-0.2, -0.15) is 0 Å². The van der Waals surface area contributed by atoms with Crippen molar-refractivity contribution in [2.24, 2.45) is 0 Å². The minimum atomic E-state index is -0.550. The molecule has 0 radical (unpaired) electrons. The van der Waals surface area contributed by atoms with E-state index in [1.165, 1.54) is 18.4 Å². The molecule has 1 aliphatic carbocycles. The topological polar surface area (TPSA) is 36.0 Å². The summed E-state index contributed by atoms with van der Waals surface area (Å²) in [5.74, 6) is 0.645. The van der Waals surface area contributed by atoms with Crippen molar-refractivity contribution in [1.29, 1.82) is 0 Å². The van der Waals surface area contributed by atoms with Gasteiger partial charge in [0.1, 0.15) is 6.10 Å². The lowest BCUT2D eigenvalue weighted by Crippen LogP contribution is -2.03. The maximum atomic E-state index is 10.9. The first-order chi connectivity index (χ1) is 9.84. The molecule has 0 spiro atoms. The lowest BCUT2D eigenvalue weighted by atomic mass is 9.93. The molecule has 0 saturated heterocycles. The largest absolute Gasteiger partial charge is 0.384 e. The molecule has 0 aliphatic heterocycles. The van der Waals surface area contributed by atoms with Gasteiger partial charge >= 0.3 is 0 Å². The number of hydrogen-bond donors (Lipinski definition) is 2. The van der Waals surface area contributed by atoms with Gasteiger partial charge in [0.2, 0.25) is 0 Å². The third-order valence-corrected chi connectivity index (χ3v) is 4.23. The van der Waals surface area contributed by atoms with Gasteiger partial charge in [0.15, 0.2) is 0 Å². The predicted octanol–water partition coefficient (Wildman–Crippen LogP) is 4.13. The Morgan fingerprint density at radius 1 is 0.950 bits per heavy atom. The normalized spacial score (nSPS) is 16.4. The molecule has 1 saturated carbocycles. The summed E-state index contributed by atoms with van der Waals surface area (Å²) in [6.45, 7) is 0. The fraction of sp³-hybridized carbons (Fsp3) is 0.222. The van der Waals surface area contributed by atoms with E-state index >= 15 is 0 Å². The number of hydrogen-bond acceptors (Lipinski definition) is 1. The molecule has 2 nitrogen and oxygen atoms in total. The van der Waals surface area contributed by atoms with Crippen LogP contribution in [0.4, 0.5) is 0 Å². The standard InChI is InChI=1S/C18H17NO/c20-18(15-5-2-1-4-13(15)12-8-9-12)16-6-3-7-17-14(16)10-11-19-17/h1-7,10-12,18-20H,8-9H2. The third-order valence-electron chi connectivity index (χ3n) is 4.23. The molecule has 1 unspecified atom stereocenters. The van der Waals surface area contributed by atoms with Gasteiger partial charge in [-0.05, 0) is 47.6 Å². The first kappa shape index (κ1) is 11.7. The summed E-state index contributed by atoms with van der Waals surface area (Å²) in [5.41, 5.74) is 4.43. The summed E-state index contributed by atoms with van der Waals surface area (Å²) in [5, 5.41) is 12.0. The molecular weight excluding hydrogens is 246 g/mol. The van der Waals surface area contributed by atoms with Gasteiger partial charge in [0.25, 0.3) is 0 Å². The monoisotopic (exact) mass is 263 g/mol. The summed E-state index contributed by atoms with van der Waals surface area (Å²) in [7, 11) is 0. The minimum Gasteiger partial charge on any atom is -0.384 e. The molecule has 4 rings (SSSR count). The molecule has 3 aromatic rings. The zero-order chi connectivity index (χ0) is 13.5. The summed E-state index contributed by atoms with van der Waals surface area (Å²) in [4.78, 5) is 3.20. The van der Waals surface area contributed by atoms with Crippen LogP contribution in [0.5, 0.6) is 0 Å². The molecule has 2 aromatic carbocycles. The quantitative estimate of drug-likeness (QED) is 0.732. The van der Waals surface area contributed by atoms with Gasteiger partial charge in [-0.25, -0.2) is 0 Å². The molecule has 0 bridgehead atoms. The Kier molecular flexibility index (Phi) is 2.64. The molecule has 20 heavy (non-hydrogen) atoms. The van der Waals surface area contributed by atoms with Gasteiger partial charge in [0, 0.05) is 17.1 Å². The van der Waals surface area contributed by atoms with Crippen LogP contribution >= 0.6 is 0 Å². The van der Waals surface area contributed by atoms with Crippen LogP contribution in [0.25, 0.3) is 10.9 Å². The van der Waals surface area contributed by atoms with Crippen LogP contribution in [0.15, 0.2) is 54.7 Å². The first-order valence-corrected chi connectivity index (χ1v) is 7.17. The molecule has 1 fully saturated rings. The molecule has 1 heterocycles. The Balaban J connectivity index is 1.84. The van der Waals surface area contributed by atoms with Crippen LogP contribution in [0.2, 0.25) is 0 Å². The van der Waals surface area contributed by atoms with E-state index in [-0.39, 0.29) is 0 Å². The highest BCUT2D eigenvalue weighted by atomic mass is 16.3. The Hall–Kier alpha value is -2.06. The second-order valence-electron chi connectivity index (χ2n) is 5.59. The van der Waals surface area contributed by atoms with Crippen LogP contribution in [0, 0.1) is 0 Å². The van der Waals surface area contributed by atoms with Gasteiger partial charge in [-0.3, -0.25) is 0 Å². The van der Waals surface area contributed by atoms with Crippen molar-refractivity contribution >= 4 is 10.9 Å². The molecular formula is C18H17NO. The average Bonchev–Trinajstić information content (AvgIpc) is 3.23. The van der Waals surface area contributed by atoms with Crippen molar-refractivity contribution in [3.05, 3.63) is 71.4 Å². The number of fused-ring (bicyclic) bond motifs is 1. The number of rotatable bonds is 3. The van der Waals surface area contributed by atoms with Crippen LogP contribution in [0.3, 0.4) is 0 Å². The summed E-state index contributed by atoms with van der Waals surface area (Å²) in [6.07, 6.45) is 3.87. The Morgan fingerprint density at radius 3 is 2.60 bits per heavy atom. The predicted molar refractivity (Wildman–Crippen MR) is 80.8 cm³/mol. The van der Waals surface area contributed by atoms with E-state index in [4.69, 9.17) is 0 Å². The zero-order valence-electron chi connectivity index (χ0n) is 11.2. The molecule has 100 valence electrons.